The molecule has 0 bridgehead atoms. The van der Waals surface area contributed by atoms with Gasteiger partial charge in [-0.2, -0.15) is 0 Å². The van der Waals surface area contributed by atoms with Crippen LogP contribution in [0.4, 0.5) is 10.6 Å². The first kappa shape index (κ1) is 21.9. The number of ether oxygens (including phenoxy) is 2. The molecule has 3 unspecified atom stereocenters. The standard InChI is InChI=1S/C22H30N4O4/c1-15-13-26(14-16(2)30-15)21-9-4-17(10-23-21)11-24-22(28)25-12-20(27)18-5-7-19(29-3)8-6-18/h4-10,15-16,20,27H,11-14H2,1-3H3,(H2,24,25,28). The van der Waals surface area contributed by atoms with Crippen LogP contribution in [-0.2, 0) is 11.3 Å². The first-order valence-electron chi connectivity index (χ1n) is 10.1. The molecule has 1 aromatic heterocycles. The van der Waals surface area contributed by atoms with Crippen molar-refractivity contribution in [1.82, 2.24) is 15.6 Å². The number of nitrogens with zero attached hydrogens (tertiary/aromatic N) is 2. The molecule has 3 rings (SSSR count). The molecule has 3 atom stereocenters. The Morgan fingerprint density at radius 3 is 2.50 bits per heavy atom. The van der Waals surface area contributed by atoms with Crippen LogP contribution in [-0.4, -0.2) is 55.1 Å². The van der Waals surface area contributed by atoms with Crippen LogP contribution < -0.4 is 20.3 Å². The highest BCUT2D eigenvalue weighted by atomic mass is 16.5. The molecular formula is C22H30N4O4. The number of morpholine rings is 1. The van der Waals surface area contributed by atoms with Crippen molar-refractivity contribution in [3.63, 3.8) is 0 Å². The van der Waals surface area contributed by atoms with E-state index in [-0.39, 0.29) is 24.8 Å². The van der Waals surface area contributed by atoms with Crippen LogP contribution >= 0.6 is 0 Å². The number of carbonyl (C=O) groups is 1. The predicted molar refractivity (Wildman–Crippen MR) is 115 cm³/mol. The van der Waals surface area contributed by atoms with Gasteiger partial charge in [-0.3, -0.25) is 0 Å². The molecule has 0 radical (unpaired) electrons. The summed E-state index contributed by atoms with van der Waals surface area (Å²) in [5.41, 5.74) is 1.61. The van der Waals surface area contributed by atoms with Gasteiger partial charge in [0.25, 0.3) is 0 Å². The van der Waals surface area contributed by atoms with Crippen LogP contribution in [0.25, 0.3) is 0 Å². The van der Waals surface area contributed by atoms with E-state index in [1.165, 1.54) is 0 Å². The van der Waals surface area contributed by atoms with E-state index in [4.69, 9.17) is 9.47 Å². The second-order valence-corrected chi connectivity index (χ2v) is 7.54. The van der Waals surface area contributed by atoms with Crippen molar-refractivity contribution >= 4 is 11.8 Å². The van der Waals surface area contributed by atoms with Crippen LogP contribution in [0.3, 0.4) is 0 Å². The molecule has 8 nitrogen and oxygen atoms in total. The number of methoxy groups -OCH3 is 1. The quantitative estimate of drug-likeness (QED) is 0.643. The molecule has 0 spiro atoms. The summed E-state index contributed by atoms with van der Waals surface area (Å²) in [6.07, 6.45) is 1.33. The molecular weight excluding hydrogens is 384 g/mol. The number of hydrogen-bond donors (Lipinski definition) is 3. The summed E-state index contributed by atoms with van der Waals surface area (Å²) in [5.74, 6) is 1.63. The number of rotatable bonds is 7. The Balaban J connectivity index is 1.43. The lowest BCUT2D eigenvalue weighted by molar-refractivity contribution is -0.00546. The molecule has 0 aliphatic carbocycles. The lowest BCUT2D eigenvalue weighted by atomic mass is 10.1. The van der Waals surface area contributed by atoms with Gasteiger partial charge in [0.15, 0.2) is 0 Å². The second-order valence-electron chi connectivity index (χ2n) is 7.54. The van der Waals surface area contributed by atoms with Gasteiger partial charge in [0.1, 0.15) is 11.6 Å². The van der Waals surface area contributed by atoms with Crippen molar-refractivity contribution < 1.29 is 19.4 Å². The van der Waals surface area contributed by atoms with Crippen molar-refractivity contribution in [2.75, 3.05) is 31.6 Å². The highest BCUT2D eigenvalue weighted by molar-refractivity contribution is 5.73. The van der Waals surface area contributed by atoms with E-state index in [2.05, 4.69) is 34.4 Å². The Kier molecular flexibility index (Phi) is 7.48. The van der Waals surface area contributed by atoms with Gasteiger partial charge in [-0.25, -0.2) is 9.78 Å². The van der Waals surface area contributed by atoms with E-state index in [9.17, 15) is 9.90 Å². The Labute approximate surface area is 177 Å². The maximum atomic E-state index is 12.0. The maximum absolute atomic E-state index is 12.0. The van der Waals surface area contributed by atoms with Crippen LogP contribution in [0.15, 0.2) is 42.6 Å². The molecule has 1 aliphatic heterocycles. The van der Waals surface area contributed by atoms with Gasteiger partial charge in [-0.15, -0.1) is 0 Å². The number of urea groups is 1. The number of aliphatic hydroxyl groups is 1. The van der Waals surface area contributed by atoms with Gasteiger partial charge in [-0.1, -0.05) is 18.2 Å². The van der Waals surface area contributed by atoms with Gasteiger partial charge in [0, 0.05) is 32.4 Å². The predicted octanol–water partition coefficient (Wildman–Crippen LogP) is 2.24. The summed E-state index contributed by atoms with van der Waals surface area (Å²) < 4.78 is 10.9. The van der Waals surface area contributed by atoms with E-state index < -0.39 is 6.10 Å². The van der Waals surface area contributed by atoms with Crippen LogP contribution in [0.5, 0.6) is 5.75 Å². The summed E-state index contributed by atoms with van der Waals surface area (Å²) in [6.45, 7) is 6.22. The number of aliphatic hydroxyl groups excluding tert-OH is 1. The van der Waals surface area contributed by atoms with Gasteiger partial charge in [0.2, 0.25) is 0 Å². The minimum absolute atomic E-state index is 0.114. The van der Waals surface area contributed by atoms with Gasteiger partial charge >= 0.3 is 6.03 Å². The number of hydrogen-bond acceptors (Lipinski definition) is 6. The zero-order chi connectivity index (χ0) is 21.5. The van der Waals surface area contributed by atoms with Crippen molar-refractivity contribution in [1.29, 1.82) is 0 Å². The highest BCUT2D eigenvalue weighted by Gasteiger charge is 2.23. The van der Waals surface area contributed by atoms with Crippen LogP contribution in [0, 0.1) is 0 Å². The number of aromatic nitrogens is 1. The molecule has 3 N–H and O–H groups in total. The Hall–Kier alpha value is -2.84. The van der Waals surface area contributed by atoms with E-state index >= 15 is 0 Å². The summed E-state index contributed by atoms with van der Waals surface area (Å²) in [5, 5.41) is 15.7. The molecule has 2 amide bonds. The van der Waals surface area contributed by atoms with E-state index in [1.54, 1.807) is 37.6 Å². The minimum Gasteiger partial charge on any atom is -0.497 e. The number of pyridine rings is 1. The second kappa shape index (κ2) is 10.3. The van der Waals surface area contributed by atoms with Crippen molar-refractivity contribution in [3.05, 3.63) is 53.7 Å². The molecule has 162 valence electrons. The average molecular weight is 415 g/mol. The summed E-state index contributed by atoms with van der Waals surface area (Å²) >= 11 is 0. The van der Waals surface area contributed by atoms with E-state index in [1.807, 2.05) is 12.1 Å². The fourth-order valence-electron chi connectivity index (χ4n) is 3.45. The molecule has 30 heavy (non-hydrogen) atoms. The number of carbonyl (C=O) groups excluding carboxylic acids is 1. The largest absolute Gasteiger partial charge is 0.497 e. The third kappa shape index (κ3) is 6.08. The molecule has 0 saturated carbocycles. The normalized spacial score (nSPS) is 19.8. The zero-order valence-corrected chi connectivity index (χ0v) is 17.7. The van der Waals surface area contributed by atoms with Gasteiger partial charge in [0.05, 0.1) is 25.4 Å². The smallest absolute Gasteiger partial charge is 0.315 e. The summed E-state index contributed by atoms with van der Waals surface area (Å²) in [4.78, 5) is 18.8. The molecule has 1 fully saturated rings. The zero-order valence-electron chi connectivity index (χ0n) is 17.7. The fraction of sp³-hybridized carbons (Fsp3) is 0.455. The van der Waals surface area contributed by atoms with E-state index in [0.717, 1.165) is 24.5 Å². The van der Waals surface area contributed by atoms with Crippen molar-refractivity contribution in [3.8, 4) is 5.75 Å². The molecule has 2 heterocycles. The van der Waals surface area contributed by atoms with E-state index in [0.29, 0.717) is 17.9 Å². The Bertz CT molecular complexity index is 803. The molecule has 1 aliphatic rings. The lowest BCUT2D eigenvalue weighted by Crippen LogP contribution is -2.45. The SMILES string of the molecule is COc1ccc(C(O)CNC(=O)NCc2ccc(N3CC(C)OC(C)C3)nc2)cc1. The lowest BCUT2D eigenvalue weighted by Gasteiger charge is -2.36. The van der Waals surface area contributed by atoms with Crippen molar-refractivity contribution in [2.45, 2.75) is 38.7 Å². The van der Waals surface area contributed by atoms with Gasteiger partial charge in [-0.05, 0) is 43.2 Å². The highest BCUT2D eigenvalue weighted by Crippen LogP contribution is 2.19. The minimum atomic E-state index is -0.791. The number of anilines is 1. The third-order valence-electron chi connectivity index (χ3n) is 4.96. The van der Waals surface area contributed by atoms with Crippen LogP contribution in [0.2, 0.25) is 0 Å². The van der Waals surface area contributed by atoms with Crippen molar-refractivity contribution in [2.24, 2.45) is 0 Å². The molecule has 8 heteroatoms. The monoisotopic (exact) mass is 414 g/mol. The topological polar surface area (TPSA) is 96.0 Å². The fourth-order valence-corrected chi connectivity index (χ4v) is 3.45. The third-order valence-corrected chi connectivity index (χ3v) is 4.96. The number of nitrogens with one attached hydrogen (secondary N) is 2. The summed E-state index contributed by atoms with van der Waals surface area (Å²) in [7, 11) is 1.59. The number of amides is 2. The van der Waals surface area contributed by atoms with Crippen LogP contribution in [0.1, 0.15) is 31.1 Å². The molecule has 2 aromatic rings. The summed E-state index contributed by atoms with van der Waals surface area (Å²) in [6, 6.07) is 10.7. The first-order chi connectivity index (χ1) is 14.4. The molecule has 1 aromatic carbocycles. The van der Waals surface area contributed by atoms with Gasteiger partial charge < -0.3 is 30.1 Å². The number of benzene rings is 1. The average Bonchev–Trinajstić information content (AvgIpc) is 2.75. The Morgan fingerprint density at radius 1 is 1.20 bits per heavy atom. The first-order valence-corrected chi connectivity index (χ1v) is 10.1. The molecule has 1 saturated heterocycles. The maximum Gasteiger partial charge on any atom is 0.315 e. The Morgan fingerprint density at radius 2 is 1.90 bits per heavy atom.